The Labute approximate surface area is 106 Å². The second-order valence-electron chi connectivity index (χ2n) is 4.82. The van der Waals surface area contributed by atoms with E-state index in [0.29, 0.717) is 12.3 Å². The van der Waals surface area contributed by atoms with Crippen molar-refractivity contribution in [2.45, 2.75) is 38.6 Å². The third-order valence-electron chi connectivity index (χ3n) is 3.20. The van der Waals surface area contributed by atoms with Crippen molar-refractivity contribution in [3.63, 3.8) is 0 Å². The Morgan fingerprint density at radius 3 is 3.00 bits per heavy atom. The number of aliphatic hydroxyl groups excluding tert-OH is 1. The number of amides is 1. The molecule has 94 valence electrons. The van der Waals surface area contributed by atoms with Crippen molar-refractivity contribution in [2.24, 2.45) is 5.92 Å². The molecule has 1 aromatic heterocycles. The van der Waals surface area contributed by atoms with Gasteiger partial charge in [-0.2, -0.15) is 0 Å². The molecule has 1 heterocycles. The molecule has 0 bridgehead atoms. The van der Waals surface area contributed by atoms with Crippen LogP contribution in [0.25, 0.3) is 0 Å². The maximum absolute atomic E-state index is 11.9. The highest BCUT2D eigenvalue weighted by molar-refractivity contribution is 7.12. The van der Waals surface area contributed by atoms with Gasteiger partial charge >= 0.3 is 0 Å². The Balaban J connectivity index is 1.84. The number of aryl methyl sites for hydroxylation is 1. The fourth-order valence-corrected chi connectivity index (χ4v) is 3.12. The van der Waals surface area contributed by atoms with E-state index in [9.17, 15) is 4.79 Å². The first kappa shape index (κ1) is 12.6. The van der Waals surface area contributed by atoms with E-state index in [1.54, 1.807) is 11.3 Å². The summed E-state index contributed by atoms with van der Waals surface area (Å²) in [5.41, 5.74) is 0. The van der Waals surface area contributed by atoms with Crippen LogP contribution in [0.2, 0.25) is 0 Å². The van der Waals surface area contributed by atoms with Crippen molar-refractivity contribution in [3.05, 3.63) is 21.9 Å². The van der Waals surface area contributed by atoms with Crippen LogP contribution in [0.4, 0.5) is 0 Å². The largest absolute Gasteiger partial charge is 0.396 e. The minimum Gasteiger partial charge on any atom is -0.396 e. The van der Waals surface area contributed by atoms with Crippen LogP contribution >= 0.6 is 11.3 Å². The summed E-state index contributed by atoms with van der Waals surface area (Å²) in [4.78, 5) is 14.5. The fraction of sp³-hybridized carbons (Fsp3) is 0.615. The highest BCUT2D eigenvalue weighted by Crippen LogP contribution is 2.49. The lowest BCUT2D eigenvalue weighted by Crippen LogP contribution is -2.34. The summed E-state index contributed by atoms with van der Waals surface area (Å²) in [7, 11) is 0. The number of thiophene rings is 1. The molecule has 0 radical (unpaired) electrons. The zero-order chi connectivity index (χ0) is 12.4. The van der Waals surface area contributed by atoms with Crippen LogP contribution in [0.1, 0.15) is 35.4 Å². The highest BCUT2D eigenvalue weighted by atomic mass is 32.1. The monoisotopic (exact) mass is 253 g/mol. The quantitative estimate of drug-likeness (QED) is 0.843. The maximum atomic E-state index is 11.9. The molecule has 4 heteroatoms. The molecule has 0 spiro atoms. The van der Waals surface area contributed by atoms with Gasteiger partial charge in [-0.1, -0.05) is 0 Å². The van der Waals surface area contributed by atoms with Crippen LogP contribution in [0.5, 0.6) is 0 Å². The van der Waals surface area contributed by atoms with E-state index < -0.39 is 0 Å². The molecule has 0 aliphatic heterocycles. The Morgan fingerprint density at radius 2 is 2.41 bits per heavy atom. The summed E-state index contributed by atoms with van der Waals surface area (Å²) in [6.07, 6.45) is 1.60. The third kappa shape index (κ3) is 3.07. The molecule has 2 N–H and O–H groups in total. The zero-order valence-electron chi connectivity index (χ0n) is 10.3. The van der Waals surface area contributed by atoms with Crippen LogP contribution in [-0.4, -0.2) is 23.7 Å². The molecule has 1 aliphatic carbocycles. The summed E-state index contributed by atoms with van der Waals surface area (Å²) < 4.78 is 0. The molecule has 0 saturated heterocycles. The van der Waals surface area contributed by atoms with Crippen molar-refractivity contribution >= 4 is 17.2 Å². The van der Waals surface area contributed by atoms with Crippen molar-refractivity contribution in [3.8, 4) is 0 Å². The predicted octanol–water partition coefficient (Wildman–Crippen LogP) is 2.05. The number of carbonyl (C=O) groups is 1. The van der Waals surface area contributed by atoms with Gasteiger partial charge in [0.05, 0.1) is 0 Å². The first-order valence-electron chi connectivity index (χ1n) is 6.09. The molecule has 2 rings (SSSR count). The summed E-state index contributed by atoms with van der Waals surface area (Å²) in [5, 5.41) is 11.7. The molecule has 1 aromatic rings. The smallest absolute Gasteiger partial charge is 0.223 e. The van der Waals surface area contributed by atoms with Gasteiger partial charge in [0.15, 0.2) is 0 Å². The lowest BCUT2D eigenvalue weighted by atomic mass is 10.2. The van der Waals surface area contributed by atoms with Gasteiger partial charge in [0, 0.05) is 34.2 Å². The number of rotatable bonds is 5. The first-order chi connectivity index (χ1) is 8.11. The lowest BCUT2D eigenvalue weighted by Gasteiger charge is -2.11. The van der Waals surface area contributed by atoms with E-state index in [0.717, 1.165) is 6.42 Å². The minimum atomic E-state index is 0.0684. The maximum Gasteiger partial charge on any atom is 0.223 e. The van der Waals surface area contributed by atoms with Gasteiger partial charge in [-0.25, -0.2) is 0 Å². The molecule has 3 unspecified atom stereocenters. The number of nitrogens with one attached hydrogen (secondary N) is 1. The topological polar surface area (TPSA) is 49.3 Å². The molecule has 3 nitrogen and oxygen atoms in total. The van der Waals surface area contributed by atoms with E-state index in [4.69, 9.17) is 5.11 Å². The standard InChI is InChI=1S/C13H19NO2S/c1-8(5-6-15)14-13(16)11-7-10(11)12-4-3-9(2)17-12/h3-4,8,10-11,15H,5-7H2,1-2H3,(H,14,16). The second kappa shape index (κ2) is 5.19. The molecule has 17 heavy (non-hydrogen) atoms. The van der Waals surface area contributed by atoms with Gasteiger partial charge in [-0.05, 0) is 38.8 Å². The van der Waals surface area contributed by atoms with Gasteiger partial charge in [0.2, 0.25) is 5.91 Å². The van der Waals surface area contributed by atoms with Gasteiger partial charge in [0.1, 0.15) is 0 Å². The summed E-state index contributed by atoms with van der Waals surface area (Å²) in [5.74, 6) is 0.714. The van der Waals surface area contributed by atoms with Crippen LogP contribution in [0, 0.1) is 12.8 Å². The average molecular weight is 253 g/mol. The van der Waals surface area contributed by atoms with Gasteiger partial charge in [0.25, 0.3) is 0 Å². The van der Waals surface area contributed by atoms with Crippen LogP contribution < -0.4 is 5.32 Å². The SMILES string of the molecule is Cc1ccc(C2CC2C(=O)NC(C)CCO)s1. The summed E-state index contributed by atoms with van der Waals surface area (Å²) in [6, 6.07) is 4.32. The Hall–Kier alpha value is -0.870. The van der Waals surface area contributed by atoms with Crippen LogP contribution in [0.15, 0.2) is 12.1 Å². The fourth-order valence-electron chi connectivity index (χ4n) is 2.07. The van der Waals surface area contributed by atoms with Gasteiger partial charge < -0.3 is 10.4 Å². The number of hydrogen-bond donors (Lipinski definition) is 2. The number of aliphatic hydroxyl groups is 1. The highest BCUT2D eigenvalue weighted by Gasteiger charge is 2.44. The molecule has 1 fully saturated rings. The van der Waals surface area contributed by atoms with E-state index in [1.165, 1.54) is 9.75 Å². The summed E-state index contributed by atoms with van der Waals surface area (Å²) in [6.45, 7) is 4.15. The molecular weight excluding hydrogens is 234 g/mol. The predicted molar refractivity (Wildman–Crippen MR) is 69.2 cm³/mol. The summed E-state index contributed by atoms with van der Waals surface area (Å²) >= 11 is 1.79. The van der Waals surface area contributed by atoms with E-state index in [-0.39, 0.29) is 24.5 Å². The Morgan fingerprint density at radius 1 is 1.65 bits per heavy atom. The molecule has 3 atom stereocenters. The Kier molecular flexibility index (Phi) is 3.84. The molecule has 1 saturated carbocycles. The third-order valence-corrected chi connectivity index (χ3v) is 4.34. The van der Waals surface area contributed by atoms with Gasteiger partial charge in [-0.3, -0.25) is 4.79 Å². The normalized spacial score (nSPS) is 24.4. The molecule has 0 aromatic carbocycles. The van der Waals surface area contributed by atoms with Crippen molar-refractivity contribution in [2.75, 3.05) is 6.61 Å². The molecule has 1 amide bonds. The van der Waals surface area contributed by atoms with Crippen molar-refractivity contribution < 1.29 is 9.90 Å². The van der Waals surface area contributed by atoms with Gasteiger partial charge in [-0.15, -0.1) is 11.3 Å². The van der Waals surface area contributed by atoms with E-state index >= 15 is 0 Å². The van der Waals surface area contributed by atoms with Crippen LogP contribution in [-0.2, 0) is 4.79 Å². The zero-order valence-corrected chi connectivity index (χ0v) is 11.1. The number of carbonyl (C=O) groups excluding carboxylic acids is 1. The van der Waals surface area contributed by atoms with E-state index in [1.807, 2.05) is 6.92 Å². The van der Waals surface area contributed by atoms with Crippen molar-refractivity contribution in [1.82, 2.24) is 5.32 Å². The van der Waals surface area contributed by atoms with E-state index in [2.05, 4.69) is 24.4 Å². The lowest BCUT2D eigenvalue weighted by molar-refractivity contribution is -0.123. The van der Waals surface area contributed by atoms with Crippen LogP contribution in [0.3, 0.4) is 0 Å². The second-order valence-corrected chi connectivity index (χ2v) is 6.14. The number of hydrogen-bond acceptors (Lipinski definition) is 3. The molecule has 1 aliphatic rings. The average Bonchev–Trinajstić information content (AvgIpc) is 2.95. The van der Waals surface area contributed by atoms with Crippen molar-refractivity contribution in [1.29, 1.82) is 0 Å². The first-order valence-corrected chi connectivity index (χ1v) is 6.91. The Bertz CT molecular complexity index is 402. The molecular formula is C13H19NO2S. The minimum absolute atomic E-state index is 0.0684.